The first-order valence-electron chi connectivity index (χ1n) is 5.57. The molecule has 0 aromatic rings. The molecule has 17 heavy (non-hydrogen) atoms. The summed E-state index contributed by atoms with van der Waals surface area (Å²) in [5.74, 6) is -0.702. The molecule has 0 aliphatic rings. The highest BCUT2D eigenvalue weighted by molar-refractivity contribution is 5.91. The van der Waals surface area contributed by atoms with Crippen LogP contribution in [0.1, 0.15) is 20.3 Å². The molecule has 0 radical (unpaired) electrons. The van der Waals surface area contributed by atoms with Crippen molar-refractivity contribution in [2.45, 2.75) is 26.4 Å². The molecule has 0 amide bonds. The Kier molecular flexibility index (Phi) is 9.02. The molecule has 1 atom stereocenters. The first-order valence-corrected chi connectivity index (χ1v) is 5.57. The van der Waals surface area contributed by atoms with E-state index >= 15 is 0 Å². The zero-order chi connectivity index (χ0) is 13.1. The van der Waals surface area contributed by atoms with E-state index in [1.54, 1.807) is 6.07 Å². The predicted octanol–water partition coefficient (Wildman–Crippen LogP) is 1.44. The maximum absolute atomic E-state index is 11.0. The van der Waals surface area contributed by atoms with Gasteiger partial charge in [0.25, 0.3) is 0 Å². The lowest BCUT2D eigenvalue weighted by Gasteiger charge is -2.10. The Morgan fingerprint density at radius 2 is 2.00 bits per heavy atom. The van der Waals surface area contributed by atoms with E-state index in [9.17, 15) is 4.79 Å². The van der Waals surface area contributed by atoms with Crippen LogP contribution >= 0.6 is 0 Å². The Bertz CT molecular complexity index is 283. The van der Waals surface area contributed by atoms with Crippen LogP contribution in [0.3, 0.4) is 0 Å². The number of nitriles is 1. The molecular formula is C12H19NO4. The highest BCUT2D eigenvalue weighted by atomic mass is 16.6. The van der Waals surface area contributed by atoms with Gasteiger partial charge in [-0.25, -0.2) is 4.79 Å². The third kappa shape index (κ3) is 8.43. The van der Waals surface area contributed by atoms with Gasteiger partial charge < -0.3 is 14.2 Å². The highest BCUT2D eigenvalue weighted by Crippen LogP contribution is 1.95. The summed E-state index contributed by atoms with van der Waals surface area (Å²) in [6, 6.07) is 1.61. The van der Waals surface area contributed by atoms with Gasteiger partial charge in [-0.15, -0.1) is 0 Å². The molecule has 96 valence electrons. The maximum atomic E-state index is 11.0. The Hall–Kier alpha value is -1.38. The van der Waals surface area contributed by atoms with Crippen molar-refractivity contribution in [2.24, 2.45) is 0 Å². The Morgan fingerprint density at radius 1 is 1.35 bits per heavy atom. The largest absolute Gasteiger partial charge is 0.459 e. The molecule has 1 unspecified atom stereocenters. The van der Waals surface area contributed by atoms with E-state index < -0.39 is 5.97 Å². The second-order valence-corrected chi connectivity index (χ2v) is 3.43. The number of esters is 1. The fourth-order valence-electron chi connectivity index (χ4n) is 0.854. The third-order valence-corrected chi connectivity index (χ3v) is 2.05. The smallest absolute Gasteiger partial charge is 0.348 e. The monoisotopic (exact) mass is 241 g/mol. The van der Waals surface area contributed by atoms with E-state index in [1.807, 2.05) is 13.8 Å². The zero-order valence-electron chi connectivity index (χ0n) is 10.4. The first kappa shape index (κ1) is 15.6. The summed E-state index contributed by atoms with van der Waals surface area (Å²) in [5, 5.41) is 8.36. The van der Waals surface area contributed by atoms with Crippen LogP contribution in [0.15, 0.2) is 12.2 Å². The number of carbonyl (C=O) groups excluding carboxylic acids is 1. The average molecular weight is 241 g/mol. The lowest BCUT2D eigenvalue weighted by molar-refractivity contribution is -0.140. The van der Waals surface area contributed by atoms with E-state index in [1.165, 1.54) is 0 Å². The van der Waals surface area contributed by atoms with Crippen LogP contribution in [-0.4, -0.2) is 38.5 Å². The SMILES string of the molecule is C=C(C#N)C(=O)OCCOCCOC(C)CC. The Balaban J connectivity index is 3.33. The van der Waals surface area contributed by atoms with Crippen LogP contribution in [0.5, 0.6) is 0 Å². The molecular weight excluding hydrogens is 222 g/mol. The van der Waals surface area contributed by atoms with E-state index in [0.717, 1.165) is 6.42 Å². The number of hydrogen-bond donors (Lipinski definition) is 0. The molecule has 0 bridgehead atoms. The predicted molar refractivity (Wildman–Crippen MR) is 62.2 cm³/mol. The number of carbonyl (C=O) groups is 1. The Morgan fingerprint density at radius 3 is 2.59 bits per heavy atom. The van der Waals surface area contributed by atoms with Gasteiger partial charge in [0, 0.05) is 0 Å². The molecule has 0 saturated carbocycles. The van der Waals surface area contributed by atoms with Crippen molar-refractivity contribution in [1.82, 2.24) is 0 Å². The summed E-state index contributed by atoms with van der Waals surface area (Å²) in [5.41, 5.74) is -0.204. The first-order chi connectivity index (χ1) is 8.11. The van der Waals surface area contributed by atoms with Gasteiger partial charge in [-0.05, 0) is 13.3 Å². The van der Waals surface area contributed by atoms with Gasteiger partial charge in [0.05, 0.1) is 25.9 Å². The quantitative estimate of drug-likeness (QED) is 0.264. The standard InChI is InChI=1S/C12H19NO4/c1-4-11(3)16-7-5-15-6-8-17-12(14)10(2)9-13/h11H,2,4-8H2,1,3H3. The van der Waals surface area contributed by atoms with Crippen molar-refractivity contribution in [2.75, 3.05) is 26.4 Å². The molecule has 5 heteroatoms. The Labute approximate surface area is 102 Å². The van der Waals surface area contributed by atoms with Crippen molar-refractivity contribution >= 4 is 5.97 Å². The molecule has 0 fully saturated rings. The molecule has 0 aromatic carbocycles. The molecule has 0 N–H and O–H groups in total. The van der Waals surface area contributed by atoms with Gasteiger partial charge in [0.15, 0.2) is 0 Å². The lowest BCUT2D eigenvalue weighted by Crippen LogP contribution is -2.15. The molecule has 0 aliphatic heterocycles. The fraction of sp³-hybridized carbons (Fsp3) is 0.667. The van der Waals surface area contributed by atoms with E-state index in [2.05, 4.69) is 6.58 Å². The summed E-state index contributed by atoms with van der Waals surface area (Å²) in [6.45, 7) is 8.66. The highest BCUT2D eigenvalue weighted by Gasteiger charge is 2.06. The molecule has 0 spiro atoms. The zero-order valence-corrected chi connectivity index (χ0v) is 10.4. The van der Waals surface area contributed by atoms with E-state index in [-0.39, 0.29) is 24.9 Å². The van der Waals surface area contributed by atoms with Crippen molar-refractivity contribution in [3.05, 3.63) is 12.2 Å². The minimum atomic E-state index is -0.702. The lowest BCUT2D eigenvalue weighted by atomic mass is 10.3. The van der Waals surface area contributed by atoms with Crippen molar-refractivity contribution in [1.29, 1.82) is 5.26 Å². The van der Waals surface area contributed by atoms with Crippen LogP contribution in [-0.2, 0) is 19.0 Å². The number of nitrogens with zero attached hydrogens (tertiary/aromatic N) is 1. The average Bonchev–Trinajstić information content (AvgIpc) is 2.35. The normalized spacial score (nSPS) is 11.6. The number of rotatable bonds is 9. The van der Waals surface area contributed by atoms with Crippen molar-refractivity contribution < 1.29 is 19.0 Å². The summed E-state index contributed by atoms with van der Waals surface area (Å²) >= 11 is 0. The van der Waals surface area contributed by atoms with Crippen LogP contribution < -0.4 is 0 Å². The topological polar surface area (TPSA) is 68.6 Å². The van der Waals surface area contributed by atoms with Crippen molar-refractivity contribution in [3.63, 3.8) is 0 Å². The minimum absolute atomic E-state index is 0.114. The summed E-state index contributed by atoms with van der Waals surface area (Å²) in [6.07, 6.45) is 1.20. The van der Waals surface area contributed by atoms with Crippen LogP contribution in [0.4, 0.5) is 0 Å². The summed E-state index contributed by atoms with van der Waals surface area (Å²) < 4.78 is 15.3. The third-order valence-electron chi connectivity index (χ3n) is 2.05. The summed E-state index contributed by atoms with van der Waals surface area (Å²) in [7, 11) is 0. The minimum Gasteiger partial charge on any atom is -0.459 e. The van der Waals surface area contributed by atoms with E-state index in [0.29, 0.717) is 13.2 Å². The van der Waals surface area contributed by atoms with Gasteiger partial charge >= 0.3 is 5.97 Å². The molecule has 0 rings (SSSR count). The molecule has 0 saturated heterocycles. The maximum Gasteiger partial charge on any atom is 0.348 e. The molecule has 0 aliphatic carbocycles. The summed E-state index contributed by atoms with van der Waals surface area (Å²) in [4.78, 5) is 11.0. The molecule has 0 heterocycles. The number of ether oxygens (including phenoxy) is 3. The second kappa shape index (κ2) is 9.82. The number of hydrogen-bond acceptors (Lipinski definition) is 5. The van der Waals surface area contributed by atoms with Gasteiger partial charge in [0.2, 0.25) is 0 Å². The van der Waals surface area contributed by atoms with Crippen LogP contribution in [0.2, 0.25) is 0 Å². The van der Waals surface area contributed by atoms with Crippen LogP contribution in [0, 0.1) is 11.3 Å². The second-order valence-electron chi connectivity index (χ2n) is 3.43. The van der Waals surface area contributed by atoms with Crippen molar-refractivity contribution in [3.8, 4) is 6.07 Å². The fourth-order valence-corrected chi connectivity index (χ4v) is 0.854. The molecule has 0 aromatic heterocycles. The van der Waals surface area contributed by atoms with Gasteiger partial charge in [-0.3, -0.25) is 0 Å². The molecule has 5 nitrogen and oxygen atoms in total. The van der Waals surface area contributed by atoms with Gasteiger partial charge in [-0.1, -0.05) is 13.5 Å². The van der Waals surface area contributed by atoms with Gasteiger partial charge in [0.1, 0.15) is 18.2 Å². The van der Waals surface area contributed by atoms with Crippen LogP contribution in [0.25, 0.3) is 0 Å². The van der Waals surface area contributed by atoms with Gasteiger partial charge in [-0.2, -0.15) is 5.26 Å². The van der Waals surface area contributed by atoms with E-state index in [4.69, 9.17) is 19.5 Å².